The van der Waals surface area contributed by atoms with Crippen molar-refractivity contribution in [1.29, 1.82) is 0 Å². The molecule has 0 bridgehead atoms. The molecule has 1 aromatic rings. The van der Waals surface area contributed by atoms with Gasteiger partial charge in [0.25, 0.3) is 0 Å². The molecule has 0 aromatic carbocycles. The zero-order chi connectivity index (χ0) is 14.4. The Hall–Kier alpha value is -0.600. The number of aromatic nitrogens is 1. The molecule has 1 aliphatic carbocycles. The fourth-order valence-electron chi connectivity index (χ4n) is 3.56. The quantitative estimate of drug-likeness (QED) is 0.799. The minimum Gasteiger partial charge on any atom is -0.308 e. The van der Waals surface area contributed by atoms with Gasteiger partial charge in [-0.3, -0.25) is 4.98 Å². The highest BCUT2D eigenvalue weighted by Gasteiger charge is 2.33. The van der Waals surface area contributed by atoms with Crippen molar-refractivity contribution in [2.24, 2.45) is 11.8 Å². The molecule has 1 N–H and O–H groups in total. The van der Waals surface area contributed by atoms with E-state index in [4.69, 9.17) is 11.6 Å². The summed E-state index contributed by atoms with van der Waals surface area (Å²) in [4.78, 5) is 4.58. The summed E-state index contributed by atoms with van der Waals surface area (Å²) in [5, 5.41) is 4.52. The van der Waals surface area contributed by atoms with Crippen LogP contribution in [0.2, 0.25) is 5.02 Å². The molecule has 0 spiro atoms. The van der Waals surface area contributed by atoms with Crippen molar-refractivity contribution in [2.75, 3.05) is 6.54 Å². The minimum atomic E-state index is 0.314. The van der Waals surface area contributed by atoms with Crippen LogP contribution >= 0.6 is 11.6 Å². The third-order valence-corrected chi connectivity index (χ3v) is 4.94. The lowest BCUT2D eigenvalue weighted by atomic mass is 9.73. The number of hydrogen-bond acceptors (Lipinski definition) is 2. The second-order valence-electron chi connectivity index (χ2n) is 5.92. The monoisotopic (exact) mass is 294 g/mol. The topological polar surface area (TPSA) is 24.9 Å². The summed E-state index contributed by atoms with van der Waals surface area (Å²) in [6.45, 7) is 5.56. The molecule has 3 heteroatoms. The molecule has 2 rings (SSSR count). The predicted octanol–water partition coefficient (Wildman–Crippen LogP) is 4.99. The van der Waals surface area contributed by atoms with Gasteiger partial charge in [-0.15, -0.1) is 0 Å². The maximum atomic E-state index is 6.41. The smallest absolute Gasteiger partial charge is 0.0761 e. The number of rotatable bonds is 6. The first-order valence-corrected chi connectivity index (χ1v) is 8.49. The van der Waals surface area contributed by atoms with Gasteiger partial charge in [-0.05, 0) is 43.4 Å². The normalized spacial score (nSPS) is 24.6. The molecular weight excluding hydrogens is 268 g/mol. The fraction of sp³-hybridized carbons (Fsp3) is 0.706. The summed E-state index contributed by atoms with van der Waals surface area (Å²) >= 11 is 6.41. The van der Waals surface area contributed by atoms with Gasteiger partial charge < -0.3 is 5.32 Å². The van der Waals surface area contributed by atoms with Crippen LogP contribution in [0.5, 0.6) is 0 Å². The first kappa shape index (κ1) is 15.8. The molecule has 0 aliphatic heterocycles. The van der Waals surface area contributed by atoms with Crippen LogP contribution in [-0.4, -0.2) is 11.5 Å². The van der Waals surface area contributed by atoms with Gasteiger partial charge in [0.2, 0.25) is 0 Å². The number of pyridine rings is 1. The summed E-state index contributed by atoms with van der Waals surface area (Å²) in [7, 11) is 0. The van der Waals surface area contributed by atoms with Gasteiger partial charge >= 0.3 is 0 Å². The Kier molecular flexibility index (Phi) is 6.31. The van der Waals surface area contributed by atoms with Crippen LogP contribution in [0, 0.1) is 11.8 Å². The molecule has 3 atom stereocenters. The number of nitrogens with zero attached hydrogens (tertiary/aromatic N) is 1. The van der Waals surface area contributed by atoms with Crippen LogP contribution in [0.25, 0.3) is 0 Å². The van der Waals surface area contributed by atoms with Crippen molar-refractivity contribution >= 4 is 11.6 Å². The van der Waals surface area contributed by atoms with Crippen LogP contribution in [0.3, 0.4) is 0 Å². The van der Waals surface area contributed by atoms with E-state index in [1.807, 2.05) is 18.3 Å². The van der Waals surface area contributed by atoms with Crippen molar-refractivity contribution in [1.82, 2.24) is 10.3 Å². The van der Waals surface area contributed by atoms with Gasteiger partial charge in [-0.1, -0.05) is 51.1 Å². The third-order valence-electron chi connectivity index (χ3n) is 4.62. The van der Waals surface area contributed by atoms with E-state index in [-0.39, 0.29) is 0 Å². The first-order valence-electron chi connectivity index (χ1n) is 8.11. The number of halogens is 1. The van der Waals surface area contributed by atoms with Crippen molar-refractivity contribution < 1.29 is 0 Å². The summed E-state index contributed by atoms with van der Waals surface area (Å²) < 4.78 is 0. The van der Waals surface area contributed by atoms with Gasteiger partial charge in [0, 0.05) is 6.20 Å². The van der Waals surface area contributed by atoms with Gasteiger partial charge in [0.05, 0.1) is 16.8 Å². The lowest BCUT2D eigenvalue weighted by molar-refractivity contribution is 0.173. The fourth-order valence-corrected chi connectivity index (χ4v) is 3.80. The van der Waals surface area contributed by atoms with Crippen molar-refractivity contribution in [3.63, 3.8) is 0 Å². The van der Waals surface area contributed by atoms with E-state index in [0.29, 0.717) is 12.0 Å². The molecule has 0 radical (unpaired) electrons. The van der Waals surface area contributed by atoms with Gasteiger partial charge in [-0.25, -0.2) is 0 Å². The Morgan fingerprint density at radius 3 is 2.85 bits per heavy atom. The predicted molar refractivity (Wildman–Crippen MR) is 86.0 cm³/mol. The van der Waals surface area contributed by atoms with E-state index >= 15 is 0 Å². The molecule has 0 saturated heterocycles. The Labute approximate surface area is 128 Å². The summed E-state index contributed by atoms with van der Waals surface area (Å²) in [5.74, 6) is 1.48. The second kappa shape index (κ2) is 7.99. The van der Waals surface area contributed by atoms with Crippen molar-refractivity contribution in [2.45, 2.75) is 58.4 Å². The molecular formula is C17H27ClN2. The third kappa shape index (κ3) is 3.73. The van der Waals surface area contributed by atoms with Gasteiger partial charge in [-0.2, -0.15) is 0 Å². The summed E-state index contributed by atoms with van der Waals surface area (Å²) in [6, 6.07) is 4.20. The standard InChI is InChI=1S/C17H27ClN2/c1-3-11-19-16(17-15(18)10-7-12-20-17)14-9-6-5-8-13(14)4-2/h7,10,12-14,16,19H,3-6,8-9,11H2,1-2H3. The SMILES string of the molecule is CCCNC(c1ncccc1Cl)C1CCCCC1CC. The average molecular weight is 295 g/mol. The lowest BCUT2D eigenvalue weighted by Crippen LogP contribution is -2.35. The van der Waals surface area contributed by atoms with Crippen LogP contribution in [-0.2, 0) is 0 Å². The van der Waals surface area contributed by atoms with E-state index in [0.717, 1.165) is 29.6 Å². The largest absolute Gasteiger partial charge is 0.308 e. The molecule has 3 unspecified atom stereocenters. The molecule has 2 nitrogen and oxygen atoms in total. The Bertz CT molecular complexity index is 408. The first-order chi connectivity index (χ1) is 9.77. The molecule has 1 aliphatic rings. The van der Waals surface area contributed by atoms with Gasteiger partial charge in [0.1, 0.15) is 0 Å². The Morgan fingerprint density at radius 1 is 1.35 bits per heavy atom. The van der Waals surface area contributed by atoms with E-state index in [2.05, 4.69) is 24.1 Å². The second-order valence-corrected chi connectivity index (χ2v) is 6.33. The van der Waals surface area contributed by atoms with Crippen molar-refractivity contribution in [3.05, 3.63) is 29.0 Å². The molecule has 1 heterocycles. The summed E-state index contributed by atoms with van der Waals surface area (Å²) in [6.07, 6.45) is 9.65. The molecule has 1 fully saturated rings. The molecule has 0 amide bonds. The van der Waals surface area contributed by atoms with E-state index < -0.39 is 0 Å². The lowest BCUT2D eigenvalue weighted by Gasteiger charge is -2.37. The number of nitrogens with one attached hydrogen (secondary N) is 1. The highest BCUT2D eigenvalue weighted by atomic mass is 35.5. The van der Waals surface area contributed by atoms with Gasteiger partial charge in [0.15, 0.2) is 0 Å². The molecule has 1 aromatic heterocycles. The van der Waals surface area contributed by atoms with Crippen LogP contribution in [0.4, 0.5) is 0 Å². The highest BCUT2D eigenvalue weighted by molar-refractivity contribution is 6.31. The maximum Gasteiger partial charge on any atom is 0.0761 e. The van der Waals surface area contributed by atoms with Crippen LogP contribution in [0.15, 0.2) is 18.3 Å². The summed E-state index contributed by atoms with van der Waals surface area (Å²) in [5.41, 5.74) is 1.05. The zero-order valence-electron chi connectivity index (χ0n) is 12.7. The molecule has 112 valence electrons. The Balaban J connectivity index is 2.24. The van der Waals surface area contributed by atoms with E-state index in [1.54, 1.807) is 0 Å². The van der Waals surface area contributed by atoms with E-state index in [1.165, 1.54) is 32.1 Å². The maximum absolute atomic E-state index is 6.41. The molecule has 20 heavy (non-hydrogen) atoms. The Morgan fingerprint density at radius 2 is 2.15 bits per heavy atom. The van der Waals surface area contributed by atoms with Crippen LogP contribution in [0.1, 0.15) is 64.1 Å². The molecule has 1 saturated carbocycles. The van der Waals surface area contributed by atoms with E-state index in [9.17, 15) is 0 Å². The number of hydrogen-bond donors (Lipinski definition) is 1. The minimum absolute atomic E-state index is 0.314. The van der Waals surface area contributed by atoms with Crippen molar-refractivity contribution in [3.8, 4) is 0 Å². The highest BCUT2D eigenvalue weighted by Crippen LogP contribution is 2.41. The van der Waals surface area contributed by atoms with Crippen LogP contribution < -0.4 is 5.32 Å². The average Bonchev–Trinajstić information content (AvgIpc) is 2.49. The zero-order valence-corrected chi connectivity index (χ0v) is 13.5.